The molecule has 0 radical (unpaired) electrons. The van der Waals surface area contributed by atoms with Gasteiger partial charge in [0.05, 0.1) is 6.10 Å². The van der Waals surface area contributed by atoms with E-state index >= 15 is 0 Å². The van der Waals surface area contributed by atoms with E-state index in [9.17, 15) is 13.9 Å². The maximum Gasteiger partial charge on any atom is 0.127 e. The summed E-state index contributed by atoms with van der Waals surface area (Å²) in [5, 5.41) is 12.3. The molecule has 0 saturated heterocycles. The van der Waals surface area contributed by atoms with Gasteiger partial charge in [-0.05, 0) is 24.6 Å². The van der Waals surface area contributed by atoms with Crippen molar-refractivity contribution in [3.8, 4) is 0 Å². The van der Waals surface area contributed by atoms with Gasteiger partial charge in [-0.3, -0.25) is 0 Å². The predicted octanol–water partition coefficient (Wildman–Crippen LogP) is 2.22. The van der Waals surface area contributed by atoms with Gasteiger partial charge in [-0.2, -0.15) is 0 Å². The minimum Gasteiger partial charge on any atom is -0.392 e. The molecule has 2 nitrogen and oxygen atoms in total. The molecule has 0 aliphatic carbocycles. The zero-order chi connectivity index (χ0) is 12.0. The Morgan fingerprint density at radius 1 is 1.38 bits per heavy atom. The van der Waals surface area contributed by atoms with Crippen molar-refractivity contribution in [1.29, 1.82) is 0 Å². The molecule has 0 aliphatic heterocycles. The molecule has 1 unspecified atom stereocenters. The lowest BCUT2D eigenvalue weighted by atomic mass is 10.2. The molecule has 4 heteroatoms. The summed E-state index contributed by atoms with van der Waals surface area (Å²) in [4.78, 5) is 0. The fourth-order valence-electron chi connectivity index (χ4n) is 1.49. The van der Waals surface area contributed by atoms with E-state index in [0.29, 0.717) is 13.0 Å². The molecule has 0 aliphatic rings. The predicted molar refractivity (Wildman–Crippen MR) is 59.0 cm³/mol. The molecule has 2 N–H and O–H groups in total. The van der Waals surface area contributed by atoms with E-state index in [2.05, 4.69) is 5.32 Å². The van der Waals surface area contributed by atoms with Crippen LogP contribution in [0.2, 0.25) is 0 Å². The van der Waals surface area contributed by atoms with Crippen molar-refractivity contribution in [1.82, 2.24) is 5.32 Å². The van der Waals surface area contributed by atoms with Crippen LogP contribution in [0.3, 0.4) is 0 Å². The highest BCUT2D eigenvalue weighted by atomic mass is 19.1. The second-order valence-electron chi connectivity index (χ2n) is 3.81. The fraction of sp³-hybridized carbons (Fsp3) is 0.500. The number of benzene rings is 1. The van der Waals surface area contributed by atoms with E-state index in [1.54, 1.807) is 0 Å². The number of hydrogen-bond donors (Lipinski definition) is 2. The van der Waals surface area contributed by atoms with E-state index in [-0.39, 0.29) is 12.1 Å². The minimum absolute atomic E-state index is 0.227. The summed E-state index contributed by atoms with van der Waals surface area (Å²) >= 11 is 0. The number of halogens is 2. The average Bonchev–Trinajstić information content (AvgIpc) is 2.23. The summed E-state index contributed by atoms with van der Waals surface area (Å²) in [5.41, 5.74) is 0.281. The summed E-state index contributed by atoms with van der Waals surface area (Å²) in [7, 11) is 0. The van der Waals surface area contributed by atoms with Crippen molar-refractivity contribution in [2.24, 2.45) is 0 Å². The second kappa shape index (κ2) is 6.55. The summed E-state index contributed by atoms with van der Waals surface area (Å²) in [5.74, 6) is -0.883. The molecular weight excluding hydrogens is 212 g/mol. The van der Waals surface area contributed by atoms with Gasteiger partial charge in [0.2, 0.25) is 0 Å². The maximum atomic E-state index is 13.2. The van der Waals surface area contributed by atoms with E-state index < -0.39 is 17.7 Å². The Morgan fingerprint density at radius 3 is 2.81 bits per heavy atom. The quantitative estimate of drug-likeness (QED) is 0.784. The lowest BCUT2D eigenvalue weighted by Gasteiger charge is -2.11. The molecule has 0 saturated carbocycles. The Bertz CT molecular complexity index is 331. The van der Waals surface area contributed by atoms with Gasteiger partial charge in [-0.15, -0.1) is 0 Å². The SMILES string of the molecule is CCCC(O)CNCc1cc(F)ccc1F. The zero-order valence-corrected chi connectivity index (χ0v) is 9.34. The third-order valence-corrected chi connectivity index (χ3v) is 2.33. The van der Waals surface area contributed by atoms with E-state index in [0.717, 1.165) is 24.6 Å². The summed E-state index contributed by atoms with van der Waals surface area (Å²) in [6.07, 6.45) is 1.18. The molecule has 1 aromatic carbocycles. The van der Waals surface area contributed by atoms with Crippen molar-refractivity contribution in [3.05, 3.63) is 35.4 Å². The van der Waals surface area contributed by atoms with E-state index in [4.69, 9.17) is 0 Å². The number of nitrogens with one attached hydrogen (secondary N) is 1. The maximum absolute atomic E-state index is 13.2. The van der Waals surface area contributed by atoms with Crippen molar-refractivity contribution >= 4 is 0 Å². The second-order valence-corrected chi connectivity index (χ2v) is 3.81. The normalized spacial score (nSPS) is 12.8. The Morgan fingerprint density at radius 2 is 2.12 bits per heavy atom. The largest absolute Gasteiger partial charge is 0.392 e. The van der Waals surface area contributed by atoms with Crippen molar-refractivity contribution in [2.75, 3.05) is 6.54 Å². The first-order chi connectivity index (χ1) is 7.63. The van der Waals surface area contributed by atoms with Crippen molar-refractivity contribution in [2.45, 2.75) is 32.4 Å². The van der Waals surface area contributed by atoms with Crippen LogP contribution in [0.4, 0.5) is 8.78 Å². The molecular formula is C12H17F2NO. The zero-order valence-electron chi connectivity index (χ0n) is 9.34. The van der Waals surface area contributed by atoms with Crippen LogP contribution in [-0.4, -0.2) is 17.8 Å². The highest BCUT2D eigenvalue weighted by Gasteiger charge is 2.05. The highest BCUT2D eigenvalue weighted by Crippen LogP contribution is 2.09. The Labute approximate surface area is 94.3 Å². The lowest BCUT2D eigenvalue weighted by molar-refractivity contribution is 0.160. The monoisotopic (exact) mass is 229 g/mol. The van der Waals surface area contributed by atoms with Crippen LogP contribution in [0.1, 0.15) is 25.3 Å². The van der Waals surface area contributed by atoms with Gasteiger partial charge in [0.1, 0.15) is 11.6 Å². The van der Waals surface area contributed by atoms with Crippen LogP contribution in [0, 0.1) is 11.6 Å². The average molecular weight is 229 g/mol. The van der Waals surface area contributed by atoms with Gasteiger partial charge in [0.25, 0.3) is 0 Å². The molecule has 0 aromatic heterocycles. The first kappa shape index (κ1) is 13.1. The Balaban J connectivity index is 2.39. The van der Waals surface area contributed by atoms with E-state index in [1.807, 2.05) is 6.92 Å². The van der Waals surface area contributed by atoms with Crippen LogP contribution in [0.5, 0.6) is 0 Å². The molecule has 1 aromatic rings. The number of hydrogen-bond acceptors (Lipinski definition) is 2. The van der Waals surface area contributed by atoms with E-state index in [1.165, 1.54) is 0 Å². The summed E-state index contributed by atoms with van der Waals surface area (Å²) < 4.78 is 26.0. The molecule has 0 amide bonds. The van der Waals surface area contributed by atoms with Crippen LogP contribution in [-0.2, 0) is 6.54 Å². The van der Waals surface area contributed by atoms with Crippen molar-refractivity contribution in [3.63, 3.8) is 0 Å². The van der Waals surface area contributed by atoms with Gasteiger partial charge in [0.15, 0.2) is 0 Å². The number of aliphatic hydroxyl groups excluding tert-OH is 1. The molecule has 0 fully saturated rings. The van der Waals surface area contributed by atoms with Gasteiger partial charge in [-0.25, -0.2) is 8.78 Å². The Kier molecular flexibility index (Phi) is 5.35. The number of aliphatic hydroxyl groups is 1. The lowest BCUT2D eigenvalue weighted by Crippen LogP contribution is -2.26. The molecule has 90 valence electrons. The minimum atomic E-state index is -0.452. The van der Waals surface area contributed by atoms with Gasteiger partial charge >= 0.3 is 0 Å². The first-order valence-electron chi connectivity index (χ1n) is 5.46. The topological polar surface area (TPSA) is 32.3 Å². The van der Waals surface area contributed by atoms with Crippen LogP contribution in [0.25, 0.3) is 0 Å². The van der Waals surface area contributed by atoms with Gasteiger partial charge in [0, 0.05) is 18.7 Å². The molecule has 0 heterocycles. The molecule has 1 rings (SSSR count). The molecule has 1 atom stereocenters. The smallest absolute Gasteiger partial charge is 0.127 e. The Hall–Kier alpha value is -1.00. The number of rotatable bonds is 6. The first-order valence-corrected chi connectivity index (χ1v) is 5.46. The highest BCUT2D eigenvalue weighted by molar-refractivity contribution is 5.18. The molecule has 0 spiro atoms. The third kappa shape index (κ3) is 4.24. The van der Waals surface area contributed by atoms with Crippen molar-refractivity contribution < 1.29 is 13.9 Å². The fourth-order valence-corrected chi connectivity index (χ4v) is 1.49. The summed E-state index contributed by atoms with van der Waals surface area (Å²) in [6, 6.07) is 3.36. The summed E-state index contributed by atoms with van der Waals surface area (Å²) in [6.45, 7) is 2.60. The third-order valence-electron chi connectivity index (χ3n) is 2.33. The standard InChI is InChI=1S/C12H17F2NO/c1-2-3-11(16)8-15-7-9-6-10(13)4-5-12(9)14/h4-6,11,15-16H,2-3,7-8H2,1H3. The van der Waals surface area contributed by atoms with Crippen LogP contribution in [0.15, 0.2) is 18.2 Å². The molecule has 0 bridgehead atoms. The van der Waals surface area contributed by atoms with Gasteiger partial charge < -0.3 is 10.4 Å². The van der Waals surface area contributed by atoms with Crippen LogP contribution >= 0.6 is 0 Å². The van der Waals surface area contributed by atoms with Crippen LogP contribution < -0.4 is 5.32 Å². The molecule has 16 heavy (non-hydrogen) atoms. The van der Waals surface area contributed by atoms with Gasteiger partial charge in [-0.1, -0.05) is 13.3 Å².